The van der Waals surface area contributed by atoms with E-state index in [4.69, 9.17) is 14.0 Å². The highest BCUT2D eigenvalue weighted by molar-refractivity contribution is 6.61. The van der Waals surface area contributed by atoms with Crippen molar-refractivity contribution in [2.24, 2.45) is 5.41 Å². The minimum atomic E-state index is -0.923. The Morgan fingerprint density at radius 3 is 2.33 bits per heavy atom. The van der Waals surface area contributed by atoms with Crippen LogP contribution in [0, 0.1) is 16.7 Å². The van der Waals surface area contributed by atoms with Gasteiger partial charge >= 0.3 is 13.1 Å². The fraction of sp³-hybridized carbons (Fsp3) is 0.531. The summed E-state index contributed by atoms with van der Waals surface area (Å²) < 4.78 is 17.2. The molecule has 0 spiro atoms. The summed E-state index contributed by atoms with van der Waals surface area (Å²) in [7, 11) is 0.944. The smallest absolute Gasteiger partial charge is 0.467 e. The maximum atomic E-state index is 13.5. The first-order chi connectivity index (χ1) is 19.2. The van der Waals surface area contributed by atoms with Gasteiger partial charge in [0.2, 0.25) is 5.91 Å². The van der Waals surface area contributed by atoms with Crippen LogP contribution in [0.25, 0.3) is 11.1 Å². The summed E-state index contributed by atoms with van der Waals surface area (Å²) in [6.45, 7) is 7.81. The standard InChI is InChI=1S/C32H41BN2O5/c1-5-6-10-29(36)35(32(30(37)38-4)17-8-7-9-18-32)21-24-11-13-25(14-12-24)28-19-27(16-15-26(28)20-34)33-39-22-31(2,3)23-40-33/h11-16,19H,5-10,17-18,21-23H2,1-4H3. The average molecular weight is 545 g/mol. The maximum Gasteiger partial charge on any atom is 0.493 e. The van der Waals surface area contributed by atoms with Crippen LogP contribution in [0.1, 0.15) is 83.3 Å². The zero-order valence-corrected chi connectivity index (χ0v) is 24.3. The first kappa shape index (κ1) is 29.8. The summed E-state index contributed by atoms with van der Waals surface area (Å²) in [4.78, 5) is 28.4. The van der Waals surface area contributed by atoms with Crippen molar-refractivity contribution in [2.75, 3.05) is 20.3 Å². The van der Waals surface area contributed by atoms with Gasteiger partial charge in [-0.1, -0.05) is 82.9 Å². The molecule has 8 heteroatoms. The molecule has 1 saturated carbocycles. The molecule has 1 heterocycles. The minimum absolute atomic E-state index is 0.00615. The number of ether oxygens (including phenoxy) is 1. The number of esters is 1. The number of nitrogens with zero attached hydrogens (tertiary/aromatic N) is 2. The molecule has 4 rings (SSSR count). The average Bonchev–Trinajstić information content (AvgIpc) is 2.98. The lowest BCUT2D eigenvalue weighted by molar-refractivity contribution is -0.166. The molecule has 1 amide bonds. The van der Waals surface area contributed by atoms with Crippen molar-refractivity contribution in [1.29, 1.82) is 5.26 Å². The molecule has 0 unspecified atom stereocenters. The third-order valence-corrected chi connectivity index (χ3v) is 8.10. The number of benzene rings is 2. The molecule has 0 radical (unpaired) electrons. The summed E-state index contributed by atoms with van der Waals surface area (Å²) >= 11 is 0. The Bertz CT molecular complexity index is 1220. The fourth-order valence-corrected chi connectivity index (χ4v) is 5.75. The second kappa shape index (κ2) is 13.0. The molecule has 40 heavy (non-hydrogen) atoms. The summed E-state index contributed by atoms with van der Waals surface area (Å²) in [6, 6.07) is 15.9. The van der Waals surface area contributed by atoms with Crippen molar-refractivity contribution >= 4 is 24.5 Å². The number of methoxy groups -OCH3 is 1. The molecular formula is C32H41BN2O5. The highest BCUT2D eigenvalue weighted by Crippen LogP contribution is 2.37. The van der Waals surface area contributed by atoms with Crippen molar-refractivity contribution in [3.05, 3.63) is 53.6 Å². The third-order valence-electron chi connectivity index (χ3n) is 8.10. The van der Waals surface area contributed by atoms with E-state index in [0.29, 0.717) is 44.6 Å². The lowest BCUT2D eigenvalue weighted by atomic mass is 9.74. The number of carbonyl (C=O) groups is 2. The van der Waals surface area contributed by atoms with E-state index in [1.54, 1.807) is 4.90 Å². The number of unbranched alkanes of at least 4 members (excludes halogenated alkanes) is 1. The van der Waals surface area contributed by atoms with Gasteiger partial charge in [0.1, 0.15) is 5.54 Å². The van der Waals surface area contributed by atoms with Crippen LogP contribution >= 0.6 is 0 Å². The normalized spacial score (nSPS) is 18.0. The fourth-order valence-electron chi connectivity index (χ4n) is 5.75. The van der Waals surface area contributed by atoms with Crippen molar-refractivity contribution in [3.8, 4) is 17.2 Å². The number of nitriles is 1. The van der Waals surface area contributed by atoms with Crippen LogP contribution in [0.5, 0.6) is 0 Å². The quantitative estimate of drug-likeness (QED) is 0.311. The van der Waals surface area contributed by atoms with Gasteiger partial charge in [0.25, 0.3) is 0 Å². The molecule has 2 aliphatic rings. The molecule has 1 aliphatic carbocycles. The van der Waals surface area contributed by atoms with E-state index < -0.39 is 12.7 Å². The van der Waals surface area contributed by atoms with Gasteiger partial charge in [0, 0.05) is 31.6 Å². The predicted octanol–water partition coefficient (Wildman–Crippen LogP) is 5.39. The zero-order valence-electron chi connectivity index (χ0n) is 24.3. The Labute approximate surface area is 238 Å². The van der Waals surface area contributed by atoms with Gasteiger partial charge in [-0.2, -0.15) is 5.26 Å². The highest BCUT2D eigenvalue weighted by Gasteiger charge is 2.47. The van der Waals surface area contributed by atoms with Crippen LogP contribution in [0.3, 0.4) is 0 Å². The van der Waals surface area contributed by atoms with Crippen molar-refractivity contribution < 1.29 is 23.6 Å². The number of rotatable bonds is 9. The van der Waals surface area contributed by atoms with Gasteiger partial charge in [-0.25, -0.2) is 4.79 Å². The van der Waals surface area contributed by atoms with Crippen LogP contribution in [0.15, 0.2) is 42.5 Å². The summed E-state index contributed by atoms with van der Waals surface area (Å²) in [5, 5.41) is 9.80. The second-order valence-electron chi connectivity index (χ2n) is 11.9. The van der Waals surface area contributed by atoms with Gasteiger partial charge in [-0.15, -0.1) is 0 Å². The SMILES string of the molecule is CCCCC(=O)N(Cc1ccc(-c2cc(B3OCC(C)(C)CO3)ccc2C#N)cc1)C1(C(=O)OC)CCCCC1. The van der Waals surface area contributed by atoms with Crippen LogP contribution in [0.2, 0.25) is 0 Å². The molecule has 2 aromatic carbocycles. The van der Waals surface area contributed by atoms with Gasteiger partial charge in [-0.3, -0.25) is 4.79 Å². The Balaban J connectivity index is 1.61. The van der Waals surface area contributed by atoms with E-state index >= 15 is 0 Å². The Morgan fingerprint density at radius 1 is 1.05 bits per heavy atom. The van der Waals surface area contributed by atoms with Gasteiger partial charge < -0.3 is 18.9 Å². The molecule has 0 bridgehead atoms. The Morgan fingerprint density at radius 2 is 1.73 bits per heavy atom. The summed E-state index contributed by atoms with van der Waals surface area (Å²) in [6.07, 6.45) is 6.19. The van der Waals surface area contributed by atoms with E-state index in [9.17, 15) is 14.9 Å². The largest absolute Gasteiger partial charge is 0.493 e. The van der Waals surface area contributed by atoms with Gasteiger partial charge in [0.05, 0.1) is 18.7 Å². The first-order valence-corrected chi connectivity index (χ1v) is 14.5. The summed E-state index contributed by atoms with van der Waals surface area (Å²) in [5.74, 6) is -0.326. The number of hydrogen-bond acceptors (Lipinski definition) is 6. The molecule has 1 aliphatic heterocycles. The molecule has 212 valence electrons. The van der Waals surface area contributed by atoms with E-state index in [1.807, 2.05) is 42.5 Å². The highest BCUT2D eigenvalue weighted by atomic mass is 16.6. The molecule has 0 atom stereocenters. The third kappa shape index (κ3) is 6.59. The predicted molar refractivity (Wildman–Crippen MR) is 156 cm³/mol. The van der Waals surface area contributed by atoms with Crippen molar-refractivity contribution in [1.82, 2.24) is 4.90 Å². The van der Waals surface area contributed by atoms with E-state index in [2.05, 4.69) is 26.8 Å². The first-order valence-electron chi connectivity index (χ1n) is 14.5. The zero-order chi connectivity index (χ0) is 28.8. The van der Waals surface area contributed by atoms with Crippen molar-refractivity contribution in [3.63, 3.8) is 0 Å². The summed E-state index contributed by atoms with van der Waals surface area (Å²) in [5.41, 5.74) is 3.11. The van der Waals surface area contributed by atoms with Crippen LogP contribution < -0.4 is 5.46 Å². The Kier molecular flexibility index (Phi) is 9.70. The molecule has 0 aromatic heterocycles. The second-order valence-corrected chi connectivity index (χ2v) is 11.9. The van der Waals surface area contributed by atoms with E-state index in [1.165, 1.54) is 7.11 Å². The minimum Gasteiger partial charge on any atom is -0.467 e. The van der Waals surface area contributed by atoms with Crippen LogP contribution in [-0.4, -0.2) is 49.8 Å². The van der Waals surface area contributed by atoms with Gasteiger partial charge in [-0.05, 0) is 47.5 Å². The molecule has 1 saturated heterocycles. The maximum absolute atomic E-state index is 13.5. The number of amides is 1. The van der Waals surface area contributed by atoms with Gasteiger partial charge in [0.15, 0.2) is 0 Å². The van der Waals surface area contributed by atoms with E-state index in [0.717, 1.165) is 54.3 Å². The lowest BCUT2D eigenvalue weighted by Gasteiger charge is -2.44. The number of carbonyl (C=O) groups excluding carboxylic acids is 2. The topological polar surface area (TPSA) is 88.9 Å². The van der Waals surface area contributed by atoms with Crippen LogP contribution in [-0.2, 0) is 30.2 Å². The Hall–Kier alpha value is -3.15. The monoisotopic (exact) mass is 544 g/mol. The van der Waals surface area contributed by atoms with E-state index in [-0.39, 0.29) is 17.3 Å². The number of hydrogen-bond donors (Lipinski definition) is 0. The molecule has 7 nitrogen and oxygen atoms in total. The van der Waals surface area contributed by atoms with Crippen LogP contribution in [0.4, 0.5) is 0 Å². The molecular weight excluding hydrogens is 503 g/mol. The molecule has 0 N–H and O–H groups in total. The molecule has 2 aromatic rings. The lowest BCUT2D eigenvalue weighted by Crippen LogP contribution is -2.58. The molecule has 2 fully saturated rings. The van der Waals surface area contributed by atoms with Crippen molar-refractivity contribution in [2.45, 2.75) is 84.2 Å².